The molecule has 162 valence electrons. The smallest absolute Gasteiger partial charge is 0.225 e. The zero-order valence-corrected chi connectivity index (χ0v) is 17.6. The lowest BCUT2D eigenvalue weighted by Gasteiger charge is -2.32. The Hall–Kier alpha value is -2.13. The predicted octanol–water partition coefficient (Wildman–Crippen LogP) is 3.23. The van der Waals surface area contributed by atoms with Gasteiger partial charge in [0.2, 0.25) is 5.95 Å². The van der Waals surface area contributed by atoms with Crippen molar-refractivity contribution in [2.75, 3.05) is 30.9 Å². The van der Waals surface area contributed by atoms with Gasteiger partial charge in [-0.2, -0.15) is 0 Å². The summed E-state index contributed by atoms with van der Waals surface area (Å²) in [5.74, 6) is 1.22. The molecule has 0 unspecified atom stereocenters. The molecule has 0 radical (unpaired) electrons. The number of halogens is 2. The molecule has 30 heavy (non-hydrogen) atoms. The lowest BCUT2D eigenvalue weighted by molar-refractivity contribution is 0.104. The summed E-state index contributed by atoms with van der Waals surface area (Å²) in [6, 6.07) is 4.12. The molecule has 2 heterocycles. The van der Waals surface area contributed by atoms with E-state index in [4.69, 9.17) is 4.74 Å². The molecule has 0 amide bonds. The second kappa shape index (κ2) is 8.55. The van der Waals surface area contributed by atoms with Gasteiger partial charge in [-0.1, -0.05) is 6.07 Å². The zero-order valence-electron chi connectivity index (χ0n) is 16.8. The molecule has 1 aromatic heterocycles. The number of hydrogen-bond donors (Lipinski definition) is 0. The van der Waals surface area contributed by atoms with Crippen LogP contribution in [0, 0.1) is 29.4 Å². The molecule has 6 nitrogen and oxygen atoms in total. The number of piperidine rings is 1. The summed E-state index contributed by atoms with van der Waals surface area (Å²) in [6.07, 6.45) is 6.64. The van der Waals surface area contributed by atoms with Crippen LogP contribution in [0.2, 0.25) is 0 Å². The minimum atomic E-state index is -3.56. The molecule has 1 aliphatic heterocycles. The van der Waals surface area contributed by atoms with Crippen LogP contribution in [0.25, 0.3) is 0 Å². The normalized spacial score (nSPS) is 22.3. The molecule has 0 bridgehead atoms. The van der Waals surface area contributed by atoms with Gasteiger partial charge in [0.15, 0.2) is 15.7 Å². The summed E-state index contributed by atoms with van der Waals surface area (Å²) in [7, 11) is -3.56. The first-order valence-corrected chi connectivity index (χ1v) is 12.0. The SMILES string of the molecule is CS(=O)(=O)c1ccc(COC[C@@H]2C[C@@H]2C2CCN(c3ncc(F)cn3)CC2)cc1F. The number of nitrogens with zero attached hydrogens (tertiary/aromatic N) is 3. The van der Waals surface area contributed by atoms with E-state index < -0.39 is 21.5 Å². The van der Waals surface area contributed by atoms with Crippen LogP contribution in [0.3, 0.4) is 0 Å². The van der Waals surface area contributed by atoms with Gasteiger partial charge in [0.1, 0.15) is 10.7 Å². The number of sulfone groups is 1. The molecule has 9 heteroatoms. The number of aromatic nitrogens is 2. The Balaban J connectivity index is 1.20. The molecule has 1 aromatic carbocycles. The van der Waals surface area contributed by atoms with E-state index in [0.29, 0.717) is 35.9 Å². The van der Waals surface area contributed by atoms with Crippen molar-refractivity contribution in [3.63, 3.8) is 0 Å². The quantitative estimate of drug-likeness (QED) is 0.662. The molecular weight excluding hydrogens is 412 g/mol. The van der Waals surface area contributed by atoms with Crippen molar-refractivity contribution in [2.45, 2.75) is 30.8 Å². The summed E-state index contributed by atoms with van der Waals surface area (Å²) >= 11 is 0. The van der Waals surface area contributed by atoms with Crippen LogP contribution < -0.4 is 4.90 Å². The molecular formula is C21H25F2N3O3S. The van der Waals surface area contributed by atoms with Crippen molar-refractivity contribution >= 4 is 15.8 Å². The third-order valence-electron chi connectivity index (χ3n) is 6.01. The van der Waals surface area contributed by atoms with Crippen molar-refractivity contribution in [1.82, 2.24) is 9.97 Å². The fourth-order valence-electron chi connectivity index (χ4n) is 4.30. The lowest BCUT2D eigenvalue weighted by Crippen LogP contribution is -2.35. The van der Waals surface area contributed by atoms with Crippen LogP contribution in [-0.2, 0) is 21.2 Å². The molecule has 1 saturated heterocycles. The third kappa shape index (κ3) is 4.95. The van der Waals surface area contributed by atoms with Crippen LogP contribution in [0.4, 0.5) is 14.7 Å². The summed E-state index contributed by atoms with van der Waals surface area (Å²) in [4.78, 5) is 9.92. The highest BCUT2D eigenvalue weighted by Crippen LogP contribution is 2.48. The Labute approximate surface area is 175 Å². The predicted molar refractivity (Wildman–Crippen MR) is 108 cm³/mol. The maximum atomic E-state index is 14.0. The average Bonchev–Trinajstić information content (AvgIpc) is 3.47. The van der Waals surface area contributed by atoms with Gasteiger partial charge in [-0.05, 0) is 54.7 Å². The van der Waals surface area contributed by atoms with Crippen molar-refractivity contribution in [1.29, 1.82) is 0 Å². The van der Waals surface area contributed by atoms with Crippen LogP contribution in [0.15, 0.2) is 35.5 Å². The van der Waals surface area contributed by atoms with Crippen molar-refractivity contribution in [3.8, 4) is 0 Å². The summed E-state index contributed by atoms with van der Waals surface area (Å²) in [5, 5.41) is 0. The Bertz CT molecular complexity index is 993. The molecule has 0 spiro atoms. The first-order chi connectivity index (χ1) is 14.3. The molecule has 2 atom stereocenters. The zero-order chi connectivity index (χ0) is 21.3. The summed E-state index contributed by atoms with van der Waals surface area (Å²) in [5.41, 5.74) is 0.629. The van der Waals surface area contributed by atoms with E-state index in [0.717, 1.165) is 38.6 Å². The second-order valence-electron chi connectivity index (χ2n) is 8.24. The van der Waals surface area contributed by atoms with Crippen molar-refractivity contribution in [2.24, 2.45) is 17.8 Å². The first kappa shape index (κ1) is 21.1. The van der Waals surface area contributed by atoms with E-state index in [-0.39, 0.29) is 11.5 Å². The van der Waals surface area contributed by atoms with Crippen LogP contribution in [0.5, 0.6) is 0 Å². The van der Waals surface area contributed by atoms with E-state index in [1.807, 2.05) is 0 Å². The van der Waals surface area contributed by atoms with E-state index in [2.05, 4.69) is 14.9 Å². The van der Waals surface area contributed by atoms with Gasteiger partial charge < -0.3 is 9.64 Å². The summed E-state index contributed by atoms with van der Waals surface area (Å²) in [6.45, 7) is 2.63. The van der Waals surface area contributed by atoms with Gasteiger partial charge in [0.25, 0.3) is 0 Å². The Morgan fingerprint density at radius 1 is 1.17 bits per heavy atom. The highest BCUT2D eigenvalue weighted by Gasteiger charge is 2.43. The number of benzene rings is 1. The molecule has 0 N–H and O–H groups in total. The highest BCUT2D eigenvalue weighted by molar-refractivity contribution is 7.90. The standard InChI is InChI=1S/C21H25F2N3O3S/c1-30(27,28)20-3-2-14(8-19(20)23)12-29-13-16-9-18(16)15-4-6-26(7-5-15)21-24-10-17(22)11-25-21/h2-3,8,10-11,15-16,18H,4-7,9,12-13H2,1H3/t16-,18+/m0/s1. The minimum Gasteiger partial charge on any atom is -0.376 e. The number of anilines is 1. The highest BCUT2D eigenvalue weighted by atomic mass is 32.2. The van der Waals surface area contributed by atoms with Gasteiger partial charge >= 0.3 is 0 Å². The molecule has 2 fully saturated rings. The van der Waals surface area contributed by atoms with Gasteiger partial charge in [-0.3, -0.25) is 0 Å². The van der Waals surface area contributed by atoms with Gasteiger partial charge in [0.05, 0.1) is 25.6 Å². The Kier molecular flexibility index (Phi) is 6.02. The van der Waals surface area contributed by atoms with Gasteiger partial charge in [-0.15, -0.1) is 0 Å². The van der Waals surface area contributed by atoms with Gasteiger partial charge in [0, 0.05) is 19.3 Å². The second-order valence-corrected chi connectivity index (χ2v) is 10.2. The number of ether oxygens (including phenoxy) is 1. The Morgan fingerprint density at radius 3 is 2.50 bits per heavy atom. The molecule has 2 aromatic rings. The fraction of sp³-hybridized carbons (Fsp3) is 0.524. The number of hydrogen-bond acceptors (Lipinski definition) is 6. The Morgan fingerprint density at radius 2 is 1.87 bits per heavy atom. The fourth-order valence-corrected chi connectivity index (χ4v) is 5.03. The van der Waals surface area contributed by atoms with Crippen molar-refractivity contribution in [3.05, 3.63) is 47.8 Å². The maximum absolute atomic E-state index is 14.0. The maximum Gasteiger partial charge on any atom is 0.225 e. The third-order valence-corrected chi connectivity index (χ3v) is 7.14. The van der Waals surface area contributed by atoms with Crippen LogP contribution >= 0.6 is 0 Å². The average molecular weight is 438 g/mol. The summed E-state index contributed by atoms with van der Waals surface area (Å²) < 4.78 is 55.7. The van der Waals surface area contributed by atoms with E-state index in [1.54, 1.807) is 6.07 Å². The topological polar surface area (TPSA) is 72.4 Å². The van der Waals surface area contributed by atoms with E-state index >= 15 is 0 Å². The van der Waals surface area contributed by atoms with Gasteiger partial charge in [-0.25, -0.2) is 27.2 Å². The van der Waals surface area contributed by atoms with Crippen LogP contribution in [0.1, 0.15) is 24.8 Å². The lowest BCUT2D eigenvalue weighted by atomic mass is 9.91. The van der Waals surface area contributed by atoms with E-state index in [9.17, 15) is 17.2 Å². The van der Waals surface area contributed by atoms with E-state index in [1.165, 1.54) is 24.5 Å². The molecule has 1 aliphatic carbocycles. The molecule has 1 saturated carbocycles. The van der Waals surface area contributed by atoms with Crippen molar-refractivity contribution < 1.29 is 21.9 Å². The van der Waals surface area contributed by atoms with Crippen LogP contribution in [-0.4, -0.2) is 44.3 Å². The molecule has 2 aliphatic rings. The first-order valence-electron chi connectivity index (χ1n) is 10.1. The monoisotopic (exact) mass is 437 g/mol. The minimum absolute atomic E-state index is 0.268. The molecule has 4 rings (SSSR count). The largest absolute Gasteiger partial charge is 0.376 e. The number of rotatable bonds is 7.